The van der Waals surface area contributed by atoms with Gasteiger partial charge in [-0.05, 0) is 24.9 Å². The van der Waals surface area contributed by atoms with E-state index >= 15 is 0 Å². The van der Waals surface area contributed by atoms with Crippen molar-refractivity contribution in [2.75, 3.05) is 25.6 Å². The van der Waals surface area contributed by atoms with Crippen LogP contribution in [0, 0.1) is 0 Å². The van der Waals surface area contributed by atoms with Gasteiger partial charge in [-0.1, -0.05) is 6.07 Å². The molecular weight excluding hydrogens is 258 g/mol. The highest BCUT2D eigenvalue weighted by molar-refractivity contribution is 7.98. The first kappa shape index (κ1) is 14.4. The zero-order valence-electron chi connectivity index (χ0n) is 9.93. The van der Waals surface area contributed by atoms with Gasteiger partial charge in [-0.2, -0.15) is 11.8 Å². The lowest BCUT2D eigenvalue weighted by atomic mass is 10.3. The highest BCUT2D eigenvalue weighted by Crippen LogP contribution is 2.06. The summed E-state index contributed by atoms with van der Waals surface area (Å²) in [6.45, 7) is 1.09. The number of nitrogens with zero attached hydrogens (tertiary/aromatic N) is 1. The molecule has 0 aliphatic rings. The van der Waals surface area contributed by atoms with Crippen molar-refractivity contribution < 1.29 is 8.42 Å². The molecule has 0 atom stereocenters. The number of rotatable bonds is 7. The topological polar surface area (TPSA) is 71.1 Å². The van der Waals surface area contributed by atoms with Gasteiger partial charge in [0.05, 0.1) is 0 Å². The number of pyridine rings is 1. The Balaban J connectivity index is 2.71. The van der Waals surface area contributed by atoms with Crippen molar-refractivity contribution in [2.24, 2.45) is 0 Å². The minimum absolute atomic E-state index is 0.0680. The number of sulfonamides is 1. The van der Waals surface area contributed by atoms with Crippen LogP contribution in [0.5, 0.6) is 0 Å². The molecule has 1 aromatic heterocycles. The first-order valence-electron chi connectivity index (χ1n) is 5.18. The summed E-state index contributed by atoms with van der Waals surface area (Å²) in [5.41, 5.74) is 0.954. The van der Waals surface area contributed by atoms with E-state index in [0.29, 0.717) is 13.1 Å². The fourth-order valence-electron chi connectivity index (χ4n) is 1.23. The van der Waals surface area contributed by atoms with E-state index in [1.54, 1.807) is 24.0 Å². The Labute approximate surface area is 106 Å². The van der Waals surface area contributed by atoms with Gasteiger partial charge >= 0.3 is 0 Å². The SMILES string of the molecule is CNCc1ccc(S(=O)(=O)NCCSC)nc1. The quantitative estimate of drug-likeness (QED) is 0.707. The van der Waals surface area contributed by atoms with Gasteiger partial charge in [0.2, 0.25) is 0 Å². The molecule has 0 radical (unpaired) electrons. The summed E-state index contributed by atoms with van der Waals surface area (Å²) in [7, 11) is -1.63. The second kappa shape index (κ2) is 6.95. The van der Waals surface area contributed by atoms with Crippen molar-refractivity contribution in [3.8, 4) is 0 Å². The molecule has 7 heteroatoms. The Morgan fingerprint density at radius 2 is 2.18 bits per heavy atom. The molecule has 0 aliphatic carbocycles. The van der Waals surface area contributed by atoms with Crippen molar-refractivity contribution in [3.63, 3.8) is 0 Å². The minimum Gasteiger partial charge on any atom is -0.316 e. The molecular formula is C10H17N3O2S2. The molecule has 0 amide bonds. The largest absolute Gasteiger partial charge is 0.316 e. The van der Waals surface area contributed by atoms with Crippen molar-refractivity contribution in [3.05, 3.63) is 23.9 Å². The second-order valence-electron chi connectivity index (χ2n) is 3.43. The van der Waals surface area contributed by atoms with Crippen molar-refractivity contribution in [1.82, 2.24) is 15.0 Å². The average molecular weight is 275 g/mol. The summed E-state index contributed by atoms with van der Waals surface area (Å²) in [5.74, 6) is 0.747. The standard InChI is InChI=1S/C10H17N3O2S2/c1-11-7-9-3-4-10(12-8-9)17(14,15)13-5-6-16-2/h3-4,8,11,13H,5-7H2,1-2H3. The third-order valence-corrected chi connectivity index (χ3v) is 4.04. The smallest absolute Gasteiger partial charge is 0.258 e. The lowest BCUT2D eigenvalue weighted by Gasteiger charge is -2.06. The molecule has 2 N–H and O–H groups in total. The predicted molar refractivity (Wildman–Crippen MR) is 70.6 cm³/mol. The number of aromatic nitrogens is 1. The molecule has 1 heterocycles. The van der Waals surface area contributed by atoms with E-state index in [9.17, 15) is 8.42 Å². The molecule has 1 aromatic rings. The van der Waals surface area contributed by atoms with Crippen LogP contribution in [0.4, 0.5) is 0 Å². The highest BCUT2D eigenvalue weighted by Gasteiger charge is 2.14. The van der Waals surface area contributed by atoms with Gasteiger partial charge in [-0.25, -0.2) is 18.1 Å². The van der Waals surface area contributed by atoms with Crippen LogP contribution in [-0.4, -0.2) is 39.0 Å². The van der Waals surface area contributed by atoms with E-state index in [2.05, 4.69) is 15.0 Å². The predicted octanol–water partition coefficient (Wildman–Crippen LogP) is 0.442. The summed E-state index contributed by atoms with van der Waals surface area (Å²) in [6, 6.07) is 3.28. The molecule has 0 aliphatic heterocycles. The molecule has 0 aromatic carbocycles. The summed E-state index contributed by atoms with van der Waals surface area (Å²) in [6.07, 6.45) is 3.50. The van der Waals surface area contributed by atoms with Gasteiger partial charge in [0.25, 0.3) is 10.0 Å². The monoisotopic (exact) mass is 275 g/mol. The molecule has 17 heavy (non-hydrogen) atoms. The summed E-state index contributed by atoms with van der Waals surface area (Å²) < 4.78 is 26.1. The zero-order chi connectivity index (χ0) is 12.7. The average Bonchev–Trinajstić information content (AvgIpc) is 2.30. The first-order valence-corrected chi connectivity index (χ1v) is 8.06. The van der Waals surface area contributed by atoms with E-state index in [1.807, 2.05) is 13.3 Å². The molecule has 1 rings (SSSR count). The van der Waals surface area contributed by atoms with E-state index in [0.717, 1.165) is 11.3 Å². The maximum absolute atomic E-state index is 11.8. The zero-order valence-corrected chi connectivity index (χ0v) is 11.6. The van der Waals surface area contributed by atoms with E-state index in [1.165, 1.54) is 6.07 Å². The van der Waals surface area contributed by atoms with Gasteiger partial charge in [0.15, 0.2) is 5.03 Å². The third kappa shape index (κ3) is 4.63. The fraction of sp³-hybridized carbons (Fsp3) is 0.500. The van der Waals surface area contributed by atoms with Crippen LogP contribution < -0.4 is 10.0 Å². The molecule has 0 bridgehead atoms. The Morgan fingerprint density at radius 3 is 2.71 bits per heavy atom. The maximum atomic E-state index is 11.8. The lowest BCUT2D eigenvalue weighted by Crippen LogP contribution is -2.26. The first-order chi connectivity index (χ1) is 8.10. The molecule has 5 nitrogen and oxygen atoms in total. The van der Waals surface area contributed by atoms with Gasteiger partial charge in [0, 0.05) is 25.0 Å². The second-order valence-corrected chi connectivity index (χ2v) is 6.13. The Kier molecular flexibility index (Phi) is 5.90. The number of thioether (sulfide) groups is 1. The van der Waals surface area contributed by atoms with Gasteiger partial charge in [-0.15, -0.1) is 0 Å². The van der Waals surface area contributed by atoms with Crippen LogP contribution in [0.15, 0.2) is 23.4 Å². The Bertz CT molecular complexity index is 431. The molecule has 0 saturated heterocycles. The van der Waals surface area contributed by atoms with Crippen molar-refractivity contribution in [1.29, 1.82) is 0 Å². The van der Waals surface area contributed by atoms with Gasteiger partial charge < -0.3 is 5.32 Å². The number of nitrogens with one attached hydrogen (secondary N) is 2. The maximum Gasteiger partial charge on any atom is 0.258 e. The summed E-state index contributed by atoms with van der Waals surface area (Å²) >= 11 is 1.59. The molecule has 0 unspecified atom stereocenters. The van der Waals surface area contributed by atoms with Crippen LogP contribution in [0.2, 0.25) is 0 Å². The van der Waals surface area contributed by atoms with E-state index in [4.69, 9.17) is 0 Å². The molecule has 96 valence electrons. The number of hydrogen-bond donors (Lipinski definition) is 2. The molecule has 0 fully saturated rings. The van der Waals surface area contributed by atoms with Crippen LogP contribution in [0.25, 0.3) is 0 Å². The van der Waals surface area contributed by atoms with Gasteiger partial charge in [0.1, 0.15) is 0 Å². The highest BCUT2D eigenvalue weighted by atomic mass is 32.2. The normalized spacial score (nSPS) is 11.6. The van der Waals surface area contributed by atoms with Crippen molar-refractivity contribution in [2.45, 2.75) is 11.6 Å². The van der Waals surface area contributed by atoms with Crippen LogP contribution >= 0.6 is 11.8 Å². The van der Waals surface area contributed by atoms with Gasteiger partial charge in [-0.3, -0.25) is 0 Å². The minimum atomic E-state index is -3.46. The van der Waals surface area contributed by atoms with Crippen LogP contribution in [0.1, 0.15) is 5.56 Å². The molecule has 0 saturated carbocycles. The third-order valence-electron chi connectivity index (χ3n) is 2.05. The number of hydrogen-bond acceptors (Lipinski definition) is 5. The van der Waals surface area contributed by atoms with Crippen LogP contribution in [-0.2, 0) is 16.6 Å². The van der Waals surface area contributed by atoms with E-state index < -0.39 is 10.0 Å². The fourth-order valence-corrected chi connectivity index (χ4v) is 2.62. The Morgan fingerprint density at radius 1 is 1.41 bits per heavy atom. The molecule has 0 spiro atoms. The lowest BCUT2D eigenvalue weighted by molar-refractivity contribution is 0.580. The summed E-state index contributed by atoms with van der Waals surface area (Å²) in [4.78, 5) is 3.95. The van der Waals surface area contributed by atoms with Crippen molar-refractivity contribution >= 4 is 21.8 Å². The van der Waals surface area contributed by atoms with Crippen LogP contribution in [0.3, 0.4) is 0 Å². The summed E-state index contributed by atoms with van der Waals surface area (Å²) in [5, 5.41) is 3.04. The Hall–Kier alpha value is -0.630. The van der Waals surface area contributed by atoms with E-state index in [-0.39, 0.29) is 5.03 Å².